The van der Waals surface area contributed by atoms with Crippen molar-refractivity contribution in [3.63, 3.8) is 0 Å². The molecule has 0 aliphatic rings. The molecule has 0 amide bonds. The number of nitrogens with one attached hydrogen (secondary N) is 1. The van der Waals surface area contributed by atoms with E-state index in [9.17, 15) is 8.78 Å². The Morgan fingerprint density at radius 2 is 1.95 bits per heavy atom. The van der Waals surface area contributed by atoms with Crippen LogP contribution in [0.1, 0.15) is 16.7 Å². The molecule has 96 valence electrons. The lowest BCUT2D eigenvalue weighted by Crippen LogP contribution is -2.03. The summed E-state index contributed by atoms with van der Waals surface area (Å²) < 4.78 is 26.7. The van der Waals surface area contributed by atoms with E-state index >= 15 is 0 Å². The van der Waals surface area contributed by atoms with Crippen LogP contribution in [0.5, 0.6) is 0 Å². The number of benzene rings is 2. The number of anilines is 1. The smallest absolute Gasteiger partial charge is 0.147 e. The van der Waals surface area contributed by atoms with Gasteiger partial charge in [0.2, 0.25) is 0 Å². The van der Waals surface area contributed by atoms with Crippen molar-refractivity contribution >= 4 is 5.69 Å². The quantitative estimate of drug-likeness (QED) is 0.909. The molecule has 0 aliphatic carbocycles. The molecular formula is C15H12F2N2. The minimum Gasteiger partial charge on any atom is -0.379 e. The second-order valence-corrected chi connectivity index (χ2v) is 4.23. The summed E-state index contributed by atoms with van der Waals surface area (Å²) in [6.07, 6.45) is 0. The zero-order valence-corrected chi connectivity index (χ0v) is 10.4. The van der Waals surface area contributed by atoms with Crippen molar-refractivity contribution in [1.82, 2.24) is 0 Å². The molecule has 0 saturated carbocycles. The molecule has 19 heavy (non-hydrogen) atoms. The summed E-state index contributed by atoms with van der Waals surface area (Å²) in [5, 5.41) is 11.5. The molecule has 0 spiro atoms. The zero-order chi connectivity index (χ0) is 13.8. The van der Waals surface area contributed by atoms with Crippen molar-refractivity contribution in [3.05, 3.63) is 64.7 Å². The van der Waals surface area contributed by atoms with E-state index in [-0.39, 0.29) is 11.4 Å². The van der Waals surface area contributed by atoms with E-state index in [1.165, 1.54) is 30.3 Å². The van der Waals surface area contributed by atoms with Gasteiger partial charge in [-0.3, -0.25) is 0 Å². The molecule has 0 heterocycles. The highest BCUT2D eigenvalue weighted by atomic mass is 19.1. The van der Waals surface area contributed by atoms with Crippen molar-refractivity contribution in [3.8, 4) is 6.07 Å². The van der Waals surface area contributed by atoms with Crippen molar-refractivity contribution < 1.29 is 8.78 Å². The maximum absolute atomic E-state index is 13.6. The van der Waals surface area contributed by atoms with Crippen LogP contribution in [0.25, 0.3) is 0 Å². The Hall–Kier alpha value is -2.41. The first-order valence-electron chi connectivity index (χ1n) is 5.78. The summed E-state index contributed by atoms with van der Waals surface area (Å²) in [6.45, 7) is 2.19. The number of nitrogens with zero attached hydrogens (tertiary/aromatic N) is 1. The molecule has 1 N–H and O–H groups in total. The molecule has 0 aromatic heterocycles. The number of hydrogen-bond acceptors (Lipinski definition) is 2. The summed E-state index contributed by atoms with van der Waals surface area (Å²) in [7, 11) is 0. The minimum absolute atomic E-state index is 0.269. The largest absolute Gasteiger partial charge is 0.379 e. The van der Waals surface area contributed by atoms with Gasteiger partial charge in [-0.25, -0.2) is 8.78 Å². The standard InChI is InChI=1S/C15H12F2N2/c1-10-2-4-13(16)7-12(10)9-19-15-5-3-11(8-18)6-14(15)17/h2-7,19H,9H2,1H3. The van der Waals surface area contributed by atoms with Gasteiger partial charge in [-0.2, -0.15) is 5.26 Å². The first-order valence-corrected chi connectivity index (χ1v) is 5.78. The van der Waals surface area contributed by atoms with Crippen molar-refractivity contribution in [1.29, 1.82) is 5.26 Å². The van der Waals surface area contributed by atoms with E-state index in [0.29, 0.717) is 12.2 Å². The fraction of sp³-hybridized carbons (Fsp3) is 0.133. The molecule has 2 aromatic rings. The lowest BCUT2D eigenvalue weighted by molar-refractivity contribution is 0.624. The number of aryl methyl sites for hydroxylation is 1. The molecule has 0 atom stereocenters. The highest BCUT2D eigenvalue weighted by Gasteiger charge is 2.05. The Balaban J connectivity index is 2.15. The van der Waals surface area contributed by atoms with Gasteiger partial charge in [-0.15, -0.1) is 0 Å². The van der Waals surface area contributed by atoms with Crippen LogP contribution in [-0.2, 0) is 6.54 Å². The normalized spacial score (nSPS) is 10.0. The van der Waals surface area contributed by atoms with E-state index in [1.54, 1.807) is 6.07 Å². The molecule has 0 aliphatic heterocycles. The molecule has 0 saturated heterocycles. The van der Waals surface area contributed by atoms with Crippen LogP contribution in [0.15, 0.2) is 36.4 Å². The van der Waals surface area contributed by atoms with Crippen LogP contribution in [0.2, 0.25) is 0 Å². The predicted octanol–water partition coefficient (Wildman–Crippen LogP) is 3.76. The third-order valence-electron chi connectivity index (χ3n) is 2.88. The van der Waals surface area contributed by atoms with Gasteiger partial charge in [-0.05, 0) is 48.4 Å². The van der Waals surface area contributed by atoms with E-state index in [1.807, 2.05) is 13.0 Å². The maximum Gasteiger partial charge on any atom is 0.147 e. The van der Waals surface area contributed by atoms with Gasteiger partial charge in [0, 0.05) is 6.54 Å². The molecule has 0 radical (unpaired) electrons. The van der Waals surface area contributed by atoms with Crippen LogP contribution in [0.3, 0.4) is 0 Å². The zero-order valence-electron chi connectivity index (χ0n) is 10.4. The van der Waals surface area contributed by atoms with Gasteiger partial charge in [0.05, 0.1) is 17.3 Å². The van der Waals surface area contributed by atoms with Crippen molar-refractivity contribution in [2.45, 2.75) is 13.5 Å². The van der Waals surface area contributed by atoms with Crippen LogP contribution in [0, 0.1) is 29.9 Å². The van der Waals surface area contributed by atoms with E-state index in [4.69, 9.17) is 5.26 Å². The maximum atomic E-state index is 13.6. The SMILES string of the molecule is Cc1ccc(F)cc1CNc1ccc(C#N)cc1F. The van der Waals surface area contributed by atoms with Gasteiger partial charge in [0.1, 0.15) is 11.6 Å². The molecule has 2 nitrogen and oxygen atoms in total. The summed E-state index contributed by atoms with van der Waals surface area (Å²) in [5.41, 5.74) is 2.26. The number of halogens is 2. The van der Waals surface area contributed by atoms with Gasteiger partial charge >= 0.3 is 0 Å². The average molecular weight is 258 g/mol. The summed E-state index contributed by atoms with van der Waals surface area (Å²) >= 11 is 0. The molecule has 0 bridgehead atoms. The second-order valence-electron chi connectivity index (χ2n) is 4.23. The number of hydrogen-bond donors (Lipinski definition) is 1. The number of nitriles is 1. The minimum atomic E-state index is -0.492. The number of rotatable bonds is 3. The molecule has 0 unspecified atom stereocenters. The van der Waals surface area contributed by atoms with Gasteiger partial charge < -0.3 is 5.32 Å². The van der Waals surface area contributed by atoms with Gasteiger partial charge in [0.15, 0.2) is 0 Å². The molecule has 2 rings (SSSR count). The van der Waals surface area contributed by atoms with Crippen LogP contribution >= 0.6 is 0 Å². The molecular weight excluding hydrogens is 246 g/mol. The van der Waals surface area contributed by atoms with Gasteiger partial charge in [-0.1, -0.05) is 6.07 Å². The fourth-order valence-corrected chi connectivity index (χ4v) is 1.75. The Kier molecular flexibility index (Phi) is 3.76. The molecule has 2 aromatic carbocycles. The highest BCUT2D eigenvalue weighted by Crippen LogP contribution is 2.18. The lowest BCUT2D eigenvalue weighted by atomic mass is 10.1. The second kappa shape index (κ2) is 5.49. The van der Waals surface area contributed by atoms with E-state index < -0.39 is 5.82 Å². The van der Waals surface area contributed by atoms with Crippen molar-refractivity contribution in [2.75, 3.05) is 5.32 Å². The van der Waals surface area contributed by atoms with Crippen LogP contribution in [-0.4, -0.2) is 0 Å². The monoisotopic (exact) mass is 258 g/mol. The average Bonchev–Trinajstić information content (AvgIpc) is 2.40. The Morgan fingerprint density at radius 1 is 1.16 bits per heavy atom. The summed E-state index contributed by atoms with van der Waals surface area (Å²) in [4.78, 5) is 0. The summed E-state index contributed by atoms with van der Waals surface area (Å²) in [6, 6.07) is 10.6. The Labute approximate surface area is 110 Å². The molecule has 0 fully saturated rings. The van der Waals surface area contributed by atoms with E-state index in [0.717, 1.165) is 11.1 Å². The highest BCUT2D eigenvalue weighted by molar-refractivity contribution is 5.49. The third-order valence-corrected chi connectivity index (χ3v) is 2.88. The fourth-order valence-electron chi connectivity index (χ4n) is 1.75. The van der Waals surface area contributed by atoms with Crippen LogP contribution in [0.4, 0.5) is 14.5 Å². The Bertz CT molecular complexity index is 645. The topological polar surface area (TPSA) is 35.8 Å². The molecule has 4 heteroatoms. The predicted molar refractivity (Wildman–Crippen MR) is 69.6 cm³/mol. The third kappa shape index (κ3) is 3.08. The lowest BCUT2D eigenvalue weighted by Gasteiger charge is -2.10. The van der Waals surface area contributed by atoms with Gasteiger partial charge in [0.25, 0.3) is 0 Å². The van der Waals surface area contributed by atoms with Crippen molar-refractivity contribution in [2.24, 2.45) is 0 Å². The van der Waals surface area contributed by atoms with E-state index in [2.05, 4.69) is 5.32 Å². The first kappa shape index (κ1) is 13.0. The summed E-state index contributed by atoms with van der Waals surface area (Å²) in [5.74, 6) is -0.809. The van der Waals surface area contributed by atoms with Crippen LogP contribution < -0.4 is 5.32 Å². The first-order chi connectivity index (χ1) is 9.10. The Morgan fingerprint density at radius 3 is 2.63 bits per heavy atom.